The van der Waals surface area contributed by atoms with E-state index in [4.69, 9.17) is 9.47 Å². The van der Waals surface area contributed by atoms with E-state index in [1.165, 1.54) is 0 Å². The van der Waals surface area contributed by atoms with Gasteiger partial charge in [0.25, 0.3) is 0 Å². The van der Waals surface area contributed by atoms with Crippen molar-refractivity contribution in [3.05, 3.63) is 71.8 Å². The maximum Gasteiger partial charge on any atom is 0.307 e. The summed E-state index contributed by atoms with van der Waals surface area (Å²) in [6.45, 7) is 6.36. The van der Waals surface area contributed by atoms with E-state index in [0.717, 1.165) is 11.1 Å². The number of nitrogens with one attached hydrogen (secondary N) is 1. The maximum atomic E-state index is 12.7. The second-order valence-corrected chi connectivity index (χ2v) is 7.69. The number of amides is 1. The summed E-state index contributed by atoms with van der Waals surface area (Å²) in [4.78, 5) is 24.9. The van der Waals surface area contributed by atoms with E-state index >= 15 is 0 Å². The first kappa shape index (κ1) is 21.6. The van der Waals surface area contributed by atoms with E-state index in [0.29, 0.717) is 13.2 Å². The molecular formula is C23H29NO4. The van der Waals surface area contributed by atoms with Crippen molar-refractivity contribution in [2.24, 2.45) is 5.92 Å². The topological polar surface area (TPSA) is 64.6 Å². The molecule has 0 unspecified atom stereocenters. The molecule has 2 rings (SSSR count). The Hall–Kier alpha value is -2.66. The summed E-state index contributed by atoms with van der Waals surface area (Å²) >= 11 is 0. The summed E-state index contributed by atoms with van der Waals surface area (Å²) in [5, 5.41) is 2.89. The fourth-order valence-corrected chi connectivity index (χ4v) is 2.63. The van der Waals surface area contributed by atoms with Crippen molar-refractivity contribution in [2.75, 3.05) is 6.61 Å². The van der Waals surface area contributed by atoms with Crippen LogP contribution in [-0.2, 0) is 32.2 Å². The molecule has 0 fully saturated rings. The molecule has 150 valence electrons. The van der Waals surface area contributed by atoms with Crippen LogP contribution in [0.3, 0.4) is 0 Å². The minimum atomic E-state index is -0.609. The fraction of sp³-hybridized carbons (Fsp3) is 0.391. The highest BCUT2D eigenvalue weighted by molar-refractivity contribution is 5.84. The highest BCUT2D eigenvalue weighted by atomic mass is 16.6. The SMILES string of the molecule is CC(C)(C)OC(=O)C[C@H](COCc1ccccc1)C(=O)NCc1ccccc1. The van der Waals surface area contributed by atoms with Crippen molar-refractivity contribution in [3.8, 4) is 0 Å². The van der Waals surface area contributed by atoms with Gasteiger partial charge in [0, 0.05) is 6.54 Å². The first-order valence-electron chi connectivity index (χ1n) is 9.48. The van der Waals surface area contributed by atoms with E-state index in [9.17, 15) is 9.59 Å². The van der Waals surface area contributed by atoms with Gasteiger partial charge in [0.2, 0.25) is 5.91 Å². The summed E-state index contributed by atoms with van der Waals surface area (Å²) in [6, 6.07) is 19.4. The van der Waals surface area contributed by atoms with Gasteiger partial charge in [-0.2, -0.15) is 0 Å². The number of esters is 1. The van der Waals surface area contributed by atoms with Crippen molar-refractivity contribution < 1.29 is 19.1 Å². The van der Waals surface area contributed by atoms with Crippen molar-refractivity contribution >= 4 is 11.9 Å². The third kappa shape index (κ3) is 8.35. The molecule has 0 aliphatic rings. The average molecular weight is 383 g/mol. The molecule has 0 bridgehead atoms. The second kappa shape index (κ2) is 10.6. The standard InChI is InChI=1S/C23H29NO4/c1-23(2,3)28-21(25)14-20(17-27-16-19-12-8-5-9-13-19)22(26)24-15-18-10-6-4-7-11-18/h4-13,20H,14-17H2,1-3H3,(H,24,26)/t20-/m1/s1. The number of carbonyl (C=O) groups excluding carboxylic acids is 2. The Morgan fingerprint density at radius 1 is 0.929 bits per heavy atom. The first-order chi connectivity index (χ1) is 13.3. The summed E-state index contributed by atoms with van der Waals surface area (Å²) in [5.74, 6) is -1.24. The van der Waals surface area contributed by atoms with E-state index in [2.05, 4.69) is 5.32 Å². The lowest BCUT2D eigenvalue weighted by Crippen LogP contribution is -2.36. The van der Waals surface area contributed by atoms with E-state index in [1.54, 1.807) is 20.8 Å². The van der Waals surface area contributed by atoms with E-state index in [-0.39, 0.29) is 18.9 Å². The lowest BCUT2D eigenvalue weighted by atomic mass is 10.0. The molecule has 0 radical (unpaired) electrons. The Bertz CT molecular complexity index is 738. The highest BCUT2D eigenvalue weighted by Gasteiger charge is 2.25. The molecule has 5 nitrogen and oxygen atoms in total. The molecule has 0 spiro atoms. The third-order valence-corrected chi connectivity index (χ3v) is 3.94. The molecule has 0 saturated carbocycles. The molecule has 0 aromatic heterocycles. The zero-order valence-electron chi connectivity index (χ0n) is 16.8. The summed E-state index contributed by atoms with van der Waals surface area (Å²) in [6.07, 6.45) is -0.0211. The van der Waals surface area contributed by atoms with Crippen LogP contribution in [0.4, 0.5) is 0 Å². The van der Waals surface area contributed by atoms with Crippen molar-refractivity contribution in [1.29, 1.82) is 0 Å². The van der Waals surface area contributed by atoms with Gasteiger partial charge in [-0.3, -0.25) is 9.59 Å². The van der Waals surface area contributed by atoms with Gasteiger partial charge in [0.15, 0.2) is 0 Å². The van der Waals surface area contributed by atoms with Crippen LogP contribution in [0, 0.1) is 5.92 Å². The quantitative estimate of drug-likeness (QED) is 0.668. The normalized spacial score (nSPS) is 12.2. The Morgan fingerprint density at radius 3 is 2.07 bits per heavy atom. The van der Waals surface area contributed by atoms with Gasteiger partial charge in [-0.15, -0.1) is 0 Å². The van der Waals surface area contributed by atoms with Gasteiger partial charge in [-0.05, 0) is 31.9 Å². The van der Waals surface area contributed by atoms with Crippen LogP contribution in [0.25, 0.3) is 0 Å². The molecule has 0 saturated heterocycles. The Kier molecular flexibility index (Phi) is 8.20. The monoisotopic (exact) mass is 383 g/mol. The summed E-state index contributed by atoms with van der Waals surface area (Å²) < 4.78 is 11.1. The van der Waals surface area contributed by atoms with Crippen LogP contribution in [0.2, 0.25) is 0 Å². The van der Waals surface area contributed by atoms with E-state index in [1.807, 2.05) is 60.7 Å². The van der Waals surface area contributed by atoms with Crippen LogP contribution < -0.4 is 5.32 Å². The fourth-order valence-electron chi connectivity index (χ4n) is 2.63. The zero-order chi connectivity index (χ0) is 20.4. The van der Waals surface area contributed by atoms with Crippen LogP contribution in [0.15, 0.2) is 60.7 Å². The first-order valence-corrected chi connectivity index (χ1v) is 9.48. The van der Waals surface area contributed by atoms with Crippen LogP contribution in [0.1, 0.15) is 38.3 Å². The smallest absolute Gasteiger partial charge is 0.307 e. The molecule has 2 aromatic carbocycles. The Labute approximate surface area is 167 Å². The minimum Gasteiger partial charge on any atom is -0.460 e. The zero-order valence-corrected chi connectivity index (χ0v) is 16.8. The molecular weight excluding hydrogens is 354 g/mol. The predicted octanol–water partition coefficient (Wildman–Crippen LogP) is 3.87. The van der Waals surface area contributed by atoms with Gasteiger partial charge in [0.05, 0.1) is 25.6 Å². The van der Waals surface area contributed by atoms with Crippen LogP contribution >= 0.6 is 0 Å². The molecule has 0 aliphatic heterocycles. The summed E-state index contributed by atoms with van der Waals surface area (Å²) in [5.41, 5.74) is 1.42. The lowest BCUT2D eigenvalue weighted by molar-refractivity contribution is -0.158. The second-order valence-electron chi connectivity index (χ2n) is 7.69. The molecule has 5 heteroatoms. The minimum absolute atomic E-state index is 0.0211. The number of hydrogen-bond acceptors (Lipinski definition) is 4. The van der Waals surface area contributed by atoms with Gasteiger partial charge in [-0.1, -0.05) is 60.7 Å². The molecule has 28 heavy (non-hydrogen) atoms. The van der Waals surface area contributed by atoms with E-state index < -0.39 is 17.5 Å². The molecule has 1 N–H and O–H groups in total. The average Bonchev–Trinajstić information content (AvgIpc) is 2.65. The van der Waals surface area contributed by atoms with Crippen LogP contribution in [0.5, 0.6) is 0 Å². The summed E-state index contributed by atoms with van der Waals surface area (Å²) in [7, 11) is 0. The number of rotatable bonds is 9. The molecule has 1 atom stereocenters. The number of carbonyl (C=O) groups is 2. The van der Waals surface area contributed by atoms with Crippen molar-refractivity contribution in [1.82, 2.24) is 5.32 Å². The van der Waals surface area contributed by atoms with Gasteiger partial charge >= 0.3 is 5.97 Å². The van der Waals surface area contributed by atoms with Gasteiger partial charge in [-0.25, -0.2) is 0 Å². The molecule has 0 aliphatic carbocycles. The van der Waals surface area contributed by atoms with Gasteiger partial charge < -0.3 is 14.8 Å². The predicted molar refractivity (Wildman–Crippen MR) is 108 cm³/mol. The maximum absolute atomic E-state index is 12.7. The molecule has 0 heterocycles. The Morgan fingerprint density at radius 2 is 1.50 bits per heavy atom. The molecule has 1 amide bonds. The van der Waals surface area contributed by atoms with Crippen molar-refractivity contribution in [2.45, 2.75) is 45.9 Å². The van der Waals surface area contributed by atoms with Crippen molar-refractivity contribution in [3.63, 3.8) is 0 Å². The molecule has 2 aromatic rings. The lowest BCUT2D eigenvalue weighted by Gasteiger charge is -2.22. The number of ether oxygens (including phenoxy) is 2. The number of benzene rings is 2. The van der Waals surface area contributed by atoms with Gasteiger partial charge in [0.1, 0.15) is 5.60 Å². The third-order valence-electron chi connectivity index (χ3n) is 3.94. The Balaban J connectivity index is 1.93. The number of hydrogen-bond donors (Lipinski definition) is 1. The van der Waals surface area contributed by atoms with Crippen LogP contribution in [-0.4, -0.2) is 24.1 Å². The highest BCUT2D eigenvalue weighted by Crippen LogP contribution is 2.14. The largest absolute Gasteiger partial charge is 0.460 e.